The van der Waals surface area contributed by atoms with Crippen LogP contribution in [-0.2, 0) is 16.0 Å². The summed E-state index contributed by atoms with van der Waals surface area (Å²) < 4.78 is 0. The zero-order chi connectivity index (χ0) is 15.6. The molecule has 0 unspecified atom stereocenters. The Bertz CT molecular complexity index is 671. The minimum atomic E-state index is -1.79. The van der Waals surface area contributed by atoms with Gasteiger partial charge in [0.15, 0.2) is 5.41 Å². The molecular weight excluding hydrogens is 268 g/mol. The summed E-state index contributed by atoms with van der Waals surface area (Å²) >= 11 is 0. The Kier molecular flexibility index (Phi) is 3.98. The molecule has 1 atom stereocenters. The third-order valence-corrected chi connectivity index (χ3v) is 4.28. The second-order valence-corrected chi connectivity index (χ2v) is 5.56. The molecule has 4 heteroatoms. The molecule has 0 aliphatic rings. The molecular formula is C17H18O4. The molecule has 21 heavy (non-hydrogen) atoms. The first-order valence-electron chi connectivity index (χ1n) is 6.80. The van der Waals surface area contributed by atoms with Crippen LogP contribution < -0.4 is 0 Å². The second kappa shape index (κ2) is 5.56. The van der Waals surface area contributed by atoms with Crippen LogP contribution >= 0.6 is 0 Å². The van der Waals surface area contributed by atoms with E-state index in [0.717, 1.165) is 16.3 Å². The van der Waals surface area contributed by atoms with Crippen LogP contribution in [0.4, 0.5) is 0 Å². The number of fused-ring (bicyclic) bond motifs is 1. The predicted molar refractivity (Wildman–Crippen MR) is 80.2 cm³/mol. The highest BCUT2D eigenvalue weighted by Gasteiger charge is 2.46. The first-order chi connectivity index (χ1) is 9.87. The molecule has 0 amide bonds. The predicted octanol–water partition coefficient (Wildman–Crippen LogP) is 3.19. The topological polar surface area (TPSA) is 74.6 Å². The Morgan fingerprint density at radius 2 is 1.62 bits per heavy atom. The van der Waals surface area contributed by atoms with E-state index < -0.39 is 23.3 Å². The van der Waals surface area contributed by atoms with Crippen LogP contribution in [-0.4, -0.2) is 22.2 Å². The highest BCUT2D eigenvalue weighted by Crippen LogP contribution is 2.32. The van der Waals surface area contributed by atoms with Crippen molar-refractivity contribution in [1.82, 2.24) is 0 Å². The van der Waals surface area contributed by atoms with Crippen LogP contribution in [0.5, 0.6) is 0 Å². The molecule has 0 aromatic heterocycles. The highest BCUT2D eigenvalue weighted by molar-refractivity contribution is 5.98. The number of hydrogen-bond donors (Lipinski definition) is 2. The molecule has 2 N–H and O–H groups in total. The normalized spacial score (nSPS) is 13.0. The Morgan fingerprint density at radius 1 is 1.05 bits per heavy atom. The van der Waals surface area contributed by atoms with E-state index >= 15 is 0 Å². The summed E-state index contributed by atoms with van der Waals surface area (Å²) in [6, 6.07) is 13.6. The molecule has 0 saturated carbocycles. The van der Waals surface area contributed by atoms with Crippen LogP contribution in [0, 0.1) is 11.3 Å². The number of carboxylic acids is 2. The first kappa shape index (κ1) is 15.0. The van der Waals surface area contributed by atoms with E-state index in [1.165, 1.54) is 6.92 Å². The Labute approximate surface area is 123 Å². The highest BCUT2D eigenvalue weighted by atomic mass is 16.4. The molecule has 0 aliphatic carbocycles. The molecule has 0 heterocycles. The maximum atomic E-state index is 11.4. The van der Waals surface area contributed by atoms with Crippen LogP contribution in [0.2, 0.25) is 0 Å². The number of rotatable bonds is 5. The van der Waals surface area contributed by atoms with Crippen molar-refractivity contribution in [3.8, 4) is 0 Å². The van der Waals surface area contributed by atoms with Gasteiger partial charge in [0.05, 0.1) is 0 Å². The summed E-state index contributed by atoms with van der Waals surface area (Å²) in [6.07, 6.45) is 0.399. The lowest BCUT2D eigenvalue weighted by atomic mass is 9.74. The third kappa shape index (κ3) is 2.61. The number of benzene rings is 2. The van der Waals surface area contributed by atoms with Gasteiger partial charge in [0.2, 0.25) is 0 Å². The van der Waals surface area contributed by atoms with Gasteiger partial charge in [-0.2, -0.15) is 0 Å². The van der Waals surface area contributed by atoms with Crippen molar-refractivity contribution in [2.75, 3.05) is 0 Å². The van der Waals surface area contributed by atoms with Crippen molar-refractivity contribution in [2.45, 2.75) is 20.3 Å². The molecule has 2 aromatic rings. The summed E-state index contributed by atoms with van der Waals surface area (Å²) in [6.45, 7) is 2.94. The third-order valence-electron chi connectivity index (χ3n) is 4.28. The Hall–Kier alpha value is -2.36. The minimum absolute atomic E-state index is 0.399. The number of aliphatic carboxylic acids is 2. The van der Waals surface area contributed by atoms with Gasteiger partial charge in [-0.15, -0.1) is 0 Å². The maximum absolute atomic E-state index is 11.4. The van der Waals surface area contributed by atoms with Crippen molar-refractivity contribution in [2.24, 2.45) is 11.3 Å². The lowest BCUT2D eigenvalue weighted by Crippen LogP contribution is -2.42. The summed E-state index contributed by atoms with van der Waals surface area (Å²) in [5.41, 5.74) is -0.828. The number of carboxylic acid groups (broad SMARTS) is 2. The lowest BCUT2D eigenvalue weighted by Gasteiger charge is -2.27. The number of hydrogen-bond acceptors (Lipinski definition) is 2. The molecule has 0 aliphatic heterocycles. The van der Waals surface area contributed by atoms with Crippen molar-refractivity contribution in [1.29, 1.82) is 0 Å². The van der Waals surface area contributed by atoms with Crippen molar-refractivity contribution in [3.63, 3.8) is 0 Å². The van der Waals surface area contributed by atoms with Gasteiger partial charge in [-0.05, 0) is 35.6 Å². The smallest absolute Gasteiger partial charge is 0.321 e. The van der Waals surface area contributed by atoms with Gasteiger partial charge < -0.3 is 10.2 Å². The molecule has 110 valence electrons. The van der Waals surface area contributed by atoms with Crippen LogP contribution in [0.3, 0.4) is 0 Å². The molecule has 4 nitrogen and oxygen atoms in total. The van der Waals surface area contributed by atoms with Crippen molar-refractivity contribution >= 4 is 22.7 Å². The Balaban J connectivity index is 2.40. The average Bonchev–Trinajstić information content (AvgIpc) is 2.46. The van der Waals surface area contributed by atoms with E-state index in [1.807, 2.05) is 42.5 Å². The molecule has 0 radical (unpaired) electrons. The monoisotopic (exact) mass is 286 g/mol. The first-order valence-corrected chi connectivity index (χ1v) is 6.80. The summed E-state index contributed by atoms with van der Waals surface area (Å²) in [5.74, 6) is -3.14. The zero-order valence-corrected chi connectivity index (χ0v) is 12.0. The SMILES string of the molecule is C[C@@H](Cc1cccc2ccccc12)C(C)(C(=O)O)C(=O)O. The van der Waals surface area contributed by atoms with Gasteiger partial charge >= 0.3 is 11.9 Å². The Morgan fingerprint density at radius 3 is 2.24 bits per heavy atom. The molecule has 2 rings (SSSR count). The van der Waals surface area contributed by atoms with E-state index in [0.29, 0.717) is 6.42 Å². The van der Waals surface area contributed by atoms with Crippen LogP contribution in [0.25, 0.3) is 10.8 Å². The molecule has 0 bridgehead atoms. The van der Waals surface area contributed by atoms with Crippen molar-refractivity contribution in [3.05, 3.63) is 48.0 Å². The van der Waals surface area contributed by atoms with Crippen LogP contribution in [0.1, 0.15) is 19.4 Å². The fraction of sp³-hybridized carbons (Fsp3) is 0.294. The fourth-order valence-corrected chi connectivity index (χ4v) is 2.52. The molecule has 0 saturated heterocycles. The lowest BCUT2D eigenvalue weighted by molar-refractivity contribution is -0.167. The largest absolute Gasteiger partial charge is 0.480 e. The molecule has 0 fully saturated rings. The quantitative estimate of drug-likeness (QED) is 0.828. The fourth-order valence-electron chi connectivity index (χ4n) is 2.52. The minimum Gasteiger partial charge on any atom is -0.480 e. The zero-order valence-electron chi connectivity index (χ0n) is 12.0. The molecule has 0 spiro atoms. The maximum Gasteiger partial charge on any atom is 0.321 e. The summed E-state index contributed by atoms with van der Waals surface area (Å²) in [7, 11) is 0. The second-order valence-electron chi connectivity index (χ2n) is 5.56. The van der Waals surface area contributed by atoms with Crippen LogP contribution in [0.15, 0.2) is 42.5 Å². The van der Waals surface area contributed by atoms with E-state index in [4.69, 9.17) is 0 Å². The van der Waals surface area contributed by atoms with Gasteiger partial charge in [0.25, 0.3) is 0 Å². The van der Waals surface area contributed by atoms with E-state index in [-0.39, 0.29) is 0 Å². The molecule has 2 aromatic carbocycles. The van der Waals surface area contributed by atoms with E-state index in [9.17, 15) is 19.8 Å². The summed E-state index contributed by atoms with van der Waals surface area (Å²) in [4.78, 5) is 22.8. The number of carbonyl (C=O) groups is 2. The van der Waals surface area contributed by atoms with Gasteiger partial charge in [-0.1, -0.05) is 49.4 Å². The standard InChI is InChI=1S/C17H18O4/c1-11(17(2,15(18)19)16(20)21)10-13-8-5-7-12-6-3-4-9-14(12)13/h3-9,11H,10H2,1-2H3,(H,18,19)(H,20,21)/t11-/m0/s1. The van der Waals surface area contributed by atoms with E-state index in [2.05, 4.69) is 0 Å². The van der Waals surface area contributed by atoms with E-state index in [1.54, 1.807) is 6.92 Å². The van der Waals surface area contributed by atoms with Gasteiger partial charge in [0.1, 0.15) is 0 Å². The van der Waals surface area contributed by atoms with Gasteiger partial charge in [0, 0.05) is 0 Å². The summed E-state index contributed by atoms with van der Waals surface area (Å²) in [5, 5.41) is 20.7. The average molecular weight is 286 g/mol. The van der Waals surface area contributed by atoms with Gasteiger partial charge in [-0.3, -0.25) is 9.59 Å². The van der Waals surface area contributed by atoms with Crippen molar-refractivity contribution < 1.29 is 19.8 Å². The van der Waals surface area contributed by atoms with Gasteiger partial charge in [-0.25, -0.2) is 0 Å².